The lowest BCUT2D eigenvalue weighted by molar-refractivity contribution is -0.115. The quantitative estimate of drug-likeness (QED) is 0.682. The molecule has 0 aliphatic carbocycles. The Hall–Kier alpha value is -2.76. The highest BCUT2D eigenvalue weighted by atomic mass is 16.5. The van der Waals surface area contributed by atoms with Crippen molar-refractivity contribution in [2.45, 2.75) is 26.2 Å². The third-order valence-electron chi connectivity index (χ3n) is 3.70. The van der Waals surface area contributed by atoms with E-state index in [2.05, 4.69) is 22.5 Å². The van der Waals surface area contributed by atoms with Crippen LogP contribution in [0.4, 0.5) is 11.5 Å². The van der Waals surface area contributed by atoms with Crippen molar-refractivity contribution in [3.8, 4) is 11.5 Å². The van der Waals surface area contributed by atoms with Gasteiger partial charge in [-0.1, -0.05) is 19.4 Å². The minimum atomic E-state index is -0.133. The van der Waals surface area contributed by atoms with Gasteiger partial charge in [0.15, 0.2) is 11.5 Å². The zero-order chi connectivity index (χ0) is 18.1. The maximum absolute atomic E-state index is 12.2. The Morgan fingerprint density at radius 3 is 2.56 bits per heavy atom. The van der Waals surface area contributed by atoms with Gasteiger partial charge in [0.2, 0.25) is 5.91 Å². The van der Waals surface area contributed by atoms with Gasteiger partial charge in [-0.25, -0.2) is 4.98 Å². The van der Waals surface area contributed by atoms with E-state index in [1.807, 2.05) is 12.1 Å². The average molecular weight is 343 g/mol. The fraction of sp³-hybridized carbons (Fsp3) is 0.368. The molecule has 0 unspecified atom stereocenters. The van der Waals surface area contributed by atoms with E-state index in [1.165, 1.54) is 0 Å². The van der Waals surface area contributed by atoms with E-state index < -0.39 is 0 Å². The normalized spacial score (nSPS) is 10.2. The second-order valence-electron chi connectivity index (χ2n) is 5.63. The Morgan fingerprint density at radius 1 is 1.12 bits per heavy atom. The fourth-order valence-corrected chi connectivity index (χ4v) is 2.34. The summed E-state index contributed by atoms with van der Waals surface area (Å²) in [6.07, 6.45) is 4.22. The standard InChI is InChI=1S/C19H25N3O3/c1-4-5-10-20-15-7-9-18(21-13-15)22-19(23)12-14-6-8-16(24-2)17(11-14)25-3/h6-9,11,13,20H,4-5,10,12H2,1-3H3,(H,21,22,23). The van der Waals surface area contributed by atoms with Gasteiger partial charge in [-0.2, -0.15) is 0 Å². The van der Waals surface area contributed by atoms with Crippen LogP contribution >= 0.6 is 0 Å². The summed E-state index contributed by atoms with van der Waals surface area (Å²) in [5.41, 5.74) is 1.79. The molecule has 0 aliphatic rings. The van der Waals surface area contributed by atoms with Gasteiger partial charge in [-0.15, -0.1) is 0 Å². The fourth-order valence-electron chi connectivity index (χ4n) is 2.34. The van der Waals surface area contributed by atoms with Crippen molar-refractivity contribution in [1.82, 2.24) is 4.98 Å². The van der Waals surface area contributed by atoms with Crippen molar-refractivity contribution in [1.29, 1.82) is 0 Å². The zero-order valence-corrected chi connectivity index (χ0v) is 15.0. The Bertz CT molecular complexity index is 687. The highest BCUT2D eigenvalue weighted by Gasteiger charge is 2.09. The molecule has 0 saturated carbocycles. The van der Waals surface area contributed by atoms with Crippen molar-refractivity contribution >= 4 is 17.4 Å². The molecule has 134 valence electrons. The minimum Gasteiger partial charge on any atom is -0.493 e. The third kappa shape index (κ3) is 5.67. The van der Waals surface area contributed by atoms with Crippen LogP contribution in [-0.2, 0) is 11.2 Å². The molecule has 6 heteroatoms. The van der Waals surface area contributed by atoms with Crippen LogP contribution in [0.3, 0.4) is 0 Å². The van der Waals surface area contributed by atoms with Gasteiger partial charge in [-0.3, -0.25) is 4.79 Å². The van der Waals surface area contributed by atoms with Crippen LogP contribution < -0.4 is 20.1 Å². The number of anilines is 2. The molecule has 1 heterocycles. The number of nitrogens with zero attached hydrogens (tertiary/aromatic N) is 1. The highest BCUT2D eigenvalue weighted by molar-refractivity contribution is 5.91. The van der Waals surface area contributed by atoms with Gasteiger partial charge in [0.1, 0.15) is 5.82 Å². The molecule has 0 radical (unpaired) electrons. The summed E-state index contributed by atoms with van der Waals surface area (Å²) in [6, 6.07) is 9.13. The minimum absolute atomic E-state index is 0.133. The van der Waals surface area contributed by atoms with Crippen LogP contribution in [0.1, 0.15) is 25.3 Å². The predicted molar refractivity (Wildman–Crippen MR) is 99.5 cm³/mol. The van der Waals surface area contributed by atoms with Crippen molar-refractivity contribution < 1.29 is 14.3 Å². The highest BCUT2D eigenvalue weighted by Crippen LogP contribution is 2.27. The predicted octanol–water partition coefficient (Wildman–Crippen LogP) is 3.49. The molecule has 2 aromatic rings. The number of pyridine rings is 1. The summed E-state index contributed by atoms with van der Waals surface area (Å²) in [7, 11) is 3.15. The van der Waals surface area contributed by atoms with E-state index in [9.17, 15) is 4.79 Å². The van der Waals surface area contributed by atoms with Gasteiger partial charge in [0, 0.05) is 6.54 Å². The third-order valence-corrected chi connectivity index (χ3v) is 3.70. The number of methoxy groups -OCH3 is 2. The number of amides is 1. The molecule has 1 amide bonds. The number of hydrogen-bond acceptors (Lipinski definition) is 5. The average Bonchev–Trinajstić information content (AvgIpc) is 2.63. The first-order chi connectivity index (χ1) is 12.2. The molecule has 25 heavy (non-hydrogen) atoms. The largest absolute Gasteiger partial charge is 0.493 e. The number of carbonyl (C=O) groups excluding carboxylic acids is 1. The van der Waals surface area contributed by atoms with Crippen molar-refractivity contribution in [3.63, 3.8) is 0 Å². The van der Waals surface area contributed by atoms with Crippen molar-refractivity contribution in [2.75, 3.05) is 31.4 Å². The topological polar surface area (TPSA) is 72.5 Å². The zero-order valence-electron chi connectivity index (χ0n) is 15.0. The van der Waals surface area contributed by atoms with E-state index in [-0.39, 0.29) is 12.3 Å². The maximum atomic E-state index is 12.2. The molecule has 2 N–H and O–H groups in total. The SMILES string of the molecule is CCCCNc1ccc(NC(=O)Cc2ccc(OC)c(OC)c2)nc1. The number of hydrogen-bond donors (Lipinski definition) is 2. The number of benzene rings is 1. The summed E-state index contributed by atoms with van der Waals surface area (Å²) in [5.74, 6) is 1.64. The number of unbranched alkanes of at least 4 members (excludes halogenated alkanes) is 1. The lowest BCUT2D eigenvalue weighted by Gasteiger charge is -2.10. The molecule has 0 aliphatic heterocycles. The molecule has 0 bridgehead atoms. The van der Waals surface area contributed by atoms with Gasteiger partial charge in [0.25, 0.3) is 0 Å². The molecule has 2 rings (SSSR count). The van der Waals surface area contributed by atoms with Gasteiger partial charge < -0.3 is 20.1 Å². The molecular weight excluding hydrogens is 318 g/mol. The Kier molecular flexibility index (Phi) is 7.07. The van der Waals surface area contributed by atoms with E-state index in [0.29, 0.717) is 17.3 Å². The van der Waals surface area contributed by atoms with Crippen molar-refractivity contribution in [2.24, 2.45) is 0 Å². The number of nitrogens with one attached hydrogen (secondary N) is 2. The molecular formula is C19H25N3O3. The summed E-state index contributed by atoms with van der Waals surface area (Å²) in [4.78, 5) is 16.5. The molecule has 0 fully saturated rings. The van der Waals surface area contributed by atoms with Crippen LogP contribution in [0.25, 0.3) is 0 Å². The van der Waals surface area contributed by atoms with Gasteiger partial charge in [-0.05, 0) is 36.2 Å². The molecule has 0 atom stereocenters. The lowest BCUT2D eigenvalue weighted by Crippen LogP contribution is -2.15. The van der Waals surface area contributed by atoms with E-state index in [4.69, 9.17) is 9.47 Å². The van der Waals surface area contributed by atoms with Crippen molar-refractivity contribution in [3.05, 3.63) is 42.1 Å². The van der Waals surface area contributed by atoms with Gasteiger partial charge >= 0.3 is 0 Å². The molecule has 1 aromatic heterocycles. The smallest absolute Gasteiger partial charge is 0.229 e. The molecule has 6 nitrogen and oxygen atoms in total. The Balaban J connectivity index is 1.91. The second kappa shape index (κ2) is 9.52. The number of ether oxygens (including phenoxy) is 2. The molecule has 0 saturated heterocycles. The van der Waals surface area contributed by atoms with Crippen LogP contribution in [0, 0.1) is 0 Å². The lowest BCUT2D eigenvalue weighted by atomic mass is 10.1. The monoisotopic (exact) mass is 343 g/mol. The van der Waals surface area contributed by atoms with Crippen LogP contribution in [0.15, 0.2) is 36.5 Å². The Labute approximate surface area is 148 Å². The van der Waals surface area contributed by atoms with Crippen LogP contribution in [0.2, 0.25) is 0 Å². The summed E-state index contributed by atoms with van der Waals surface area (Å²) >= 11 is 0. The summed E-state index contributed by atoms with van der Waals surface area (Å²) in [6.45, 7) is 3.07. The second-order valence-corrected chi connectivity index (χ2v) is 5.63. The van der Waals surface area contributed by atoms with Crippen LogP contribution in [-0.4, -0.2) is 31.7 Å². The van der Waals surface area contributed by atoms with Gasteiger partial charge in [0.05, 0.1) is 32.5 Å². The Morgan fingerprint density at radius 2 is 1.92 bits per heavy atom. The first-order valence-electron chi connectivity index (χ1n) is 8.37. The summed E-state index contributed by atoms with van der Waals surface area (Å²) < 4.78 is 10.5. The number of aromatic nitrogens is 1. The molecule has 1 aromatic carbocycles. The van der Waals surface area contributed by atoms with E-state index >= 15 is 0 Å². The van der Waals surface area contributed by atoms with E-state index in [0.717, 1.165) is 30.6 Å². The number of rotatable bonds is 9. The number of carbonyl (C=O) groups is 1. The van der Waals surface area contributed by atoms with Crippen LogP contribution in [0.5, 0.6) is 11.5 Å². The maximum Gasteiger partial charge on any atom is 0.229 e. The molecule has 0 spiro atoms. The first-order valence-corrected chi connectivity index (χ1v) is 8.37. The van der Waals surface area contributed by atoms with E-state index in [1.54, 1.807) is 38.6 Å². The summed E-state index contributed by atoms with van der Waals surface area (Å²) in [5, 5.41) is 6.09. The first kappa shape index (κ1) is 18.6.